The number of piperidine rings is 1. The normalized spacial score (nSPS) is 14.8. The fraction of sp³-hybridized carbons (Fsp3) is 0.320. The quantitative estimate of drug-likeness (QED) is 0.255. The molecule has 1 aliphatic heterocycles. The number of alkyl halides is 6. The molecule has 210 valence electrons. The van der Waals surface area contributed by atoms with Gasteiger partial charge in [-0.05, 0) is 74.8 Å². The maximum Gasteiger partial charge on any atom is 0.416 e. The summed E-state index contributed by atoms with van der Waals surface area (Å²) in [5, 5.41) is 7.41. The number of likely N-dealkylation sites (tertiary alicyclic amines) is 1. The van der Waals surface area contributed by atoms with Crippen molar-refractivity contribution in [2.45, 2.75) is 31.1 Å². The molecule has 3 aromatic rings. The zero-order valence-corrected chi connectivity index (χ0v) is 20.8. The standard InChI is InChI=1S/C25H24F6N6O.H3N/c1-37-7-5-15(6-8-37)16-3-2-4-19(9-16)34-21-13-22(33-14-32-21)36-23(38)35-20-11-17(24(26,27)28)10-18(12-20)25(29,30)31;/h2-4,9-15H,5-8H2,1H3,(H3,32,33,34,35,36,38);1H3. The Kier molecular flexibility index (Phi) is 9.02. The highest BCUT2D eigenvalue weighted by molar-refractivity contribution is 5.99. The van der Waals surface area contributed by atoms with Crippen LogP contribution in [0.3, 0.4) is 0 Å². The number of benzene rings is 2. The van der Waals surface area contributed by atoms with Crippen LogP contribution in [0.2, 0.25) is 0 Å². The maximum atomic E-state index is 13.1. The van der Waals surface area contributed by atoms with E-state index in [9.17, 15) is 31.1 Å². The van der Waals surface area contributed by atoms with Gasteiger partial charge in [-0.1, -0.05) is 12.1 Å². The lowest BCUT2D eigenvalue weighted by molar-refractivity contribution is -0.143. The SMILES string of the molecule is CN1CCC(c2cccc(Nc3cc(NC(=O)Nc4cc(C(F)(F)F)cc(C(F)(F)F)c4)ncn3)c2)CC1.N. The van der Waals surface area contributed by atoms with Gasteiger partial charge in [-0.2, -0.15) is 26.3 Å². The number of nitrogens with one attached hydrogen (secondary N) is 3. The summed E-state index contributed by atoms with van der Waals surface area (Å²) < 4.78 is 78.4. The second kappa shape index (κ2) is 11.9. The number of hydrogen-bond donors (Lipinski definition) is 4. The van der Waals surface area contributed by atoms with Gasteiger partial charge in [0.15, 0.2) is 0 Å². The van der Waals surface area contributed by atoms with Crippen molar-refractivity contribution in [1.82, 2.24) is 21.0 Å². The third-order valence-corrected chi connectivity index (χ3v) is 6.10. The molecule has 0 aliphatic carbocycles. The fourth-order valence-electron chi connectivity index (χ4n) is 4.16. The van der Waals surface area contributed by atoms with Crippen molar-refractivity contribution in [3.8, 4) is 0 Å². The lowest BCUT2D eigenvalue weighted by Gasteiger charge is -2.29. The highest BCUT2D eigenvalue weighted by Gasteiger charge is 2.37. The van der Waals surface area contributed by atoms with E-state index in [4.69, 9.17) is 0 Å². The number of halogens is 6. The lowest BCUT2D eigenvalue weighted by Crippen LogP contribution is -2.29. The van der Waals surface area contributed by atoms with Gasteiger partial charge in [0.05, 0.1) is 11.1 Å². The number of rotatable bonds is 5. The van der Waals surface area contributed by atoms with Crippen molar-refractivity contribution in [2.24, 2.45) is 0 Å². The molecule has 0 atom stereocenters. The van der Waals surface area contributed by atoms with Crippen molar-refractivity contribution < 1.29 is 31.1 Å². The average molecular weight is 556 g/mol. The van der Waals surface area contributed by atoms with Crippen molar-refractivity contribution >= 4 is 29.0 Å². The van der Waals surface area contributed by atoms with E-state index in [0.29, 0.717) is 23.9 Å². The minimum absolute atomic E-state index is 0. The molecule has 1 aromatic heterocycles. The zero-order chi connectivity index (χ0) is 27.5. The molecule has 14 heteroatoms. The topological polar surface area (TPSA) is 117 Å². The third-order valence-electron chi connectivity index (χ3n) is 6.10. The molecular weight excluding hydrogens is 528 g/mol. The zero-order valence-electron chi connectivity index (χ0n) is 20.8. The van der Waals surface area contributed by atoms with E-state index in [1.54, 1.807) is 0 Å². The van der Waals surface area contributed by atoms with Crippen LogP contribution >= 0.6 is 0 Å². The molecular formula is C25H27F6N7O. The molecule has 1 aliphatic rings. The van der Waals surface area contributed by atoms with Crippen LogP contribution in [0.25, 0.3) is 0 Å². The Morgan fingerprint density at radius 1 is 0.846 bits per heavy atom. The van der Waals surface area contributed by atoms with E-state index in [-0.39, 0.29) is 18.0 Å². The van der Waals surface area contributed by atoms with Gasteiger partial charge < -0.3 is 21.7 Å². The van der Waals surface area contributed by atoms with Gasteiger partial charge in [-0.15, -0.1) is 0 Å². The number of anilines is 4. The summed E-state index contributed by atoms with van der Waals surface area (Å²) in [5.41, 5.74) is -1.81. The maximum absolute atomic E-state index is 13.1. The first kappa shape index (κ1) is 29.6. The Labute approximate surface area is 220 Å². The molecule has 0 bridgehead atoms. The minimum atomic E-state index is -5.04. The lowest BCUT2D eigenvalue weighted by atomic mass is 9.89. The van der Waals surface area contributed by atoms with Crippen LogP contribution in [0.15, 0.2) is 54.9 Å². The van der Waals surface area contributed by atoms with Crippen LogP contribution in [0.1, 0.15) is 35.4 Å². The monoisotopic (exact) mass is 555 g/mol. The first-order valence-electron chi connectivity index (χ1n) is 11.6. The Hall–Kier alpha value is -3.91. The first-order valence-corrected chi connectivity index (χ1v) is 11.6. The summed E-state index contributed by atoms with van der Waals surface area (Å²) in [5.74, 6) is 0.747. The summed E-state index contributed by atoms with van der Waals surface area (Å²) in [6.07, 6.45) is -6.82. The van der Waals surface area contributed by atoms with Crippen LogP contribution in [0.5, 0.6) is 0 Å². The van der Waals surface area contributed by atoms with E-state index in [0.717, 1.165) is 37.9 Å². The second-order valence-corrected chi connectivity index (χ2v) is 8.99. The van der Waals surface area contributed by atoms with Crippen LogP contribution in [-0.2, 0) is 12.4 Å². The molecule has 0 spiro atoms. The second-order valence-electron chi connectivity index (χ2n) is 8.99. The van der Waals surface area contributed by atoms with Crippen LogP contribution in [0.4, 0.5) is 54.1 Å². The summed E-state index contributed by atoms with van der Waals surface area (Å²) in [4.78, 5) is 22.6. The van der Waals surface area contributed by atoms with E-state index in [1.807, 2.05) is 23.5 Å². The van der Waals surface area contributed by atoms with Gasteiger partial charge in [-0.3, -0.25) is 5.32 Å². The molecule has 0 saturated carbocycles. The van der Waals surface area contributed by atoms with Crippen molar-refractivity contribution in [1.29, 1.82) is 0 Å². The Balaban J connectivity index is 0.00000420. The average Bonchev–Trinajstić information content (AvgIpc) is 2.83. The summed E-state index contributed by atoms with van der Waals surface area (Å²) >= 11 is 0. The predicted octanol–water partition coefficient (Wildman–Crippen LogP) is 6.87. The summed E-state index contributed by atoms with van der Waals surface area (Å²) in [7, 11) is 2.09. The molecule has 2 amide bonds. The molecule has 39 heavy (non-hydrogen) atoms. The number of hydrogen-bond acceptors (Lipinski definition) is 6. The Morgan fingerprint density at radius 2 is 1.46 bits per heavy atom. The molecule has 1 saturated heterocycles. The number of amides is 2. The van der Waals surface area contributed by atoms with Crippen molar-refractivity contribution in [3.05, 3.63) is 71.5 Å². The van der Waals surface area contributed by atoms with Gasteiger partial charge in [-0.25, -0.2) is 14.8 Å². The smallest absolute Gasteiger partial charge is 0.344 e. The molecule has 8 nitrogen and oxygen atoms in total. The highest BCUT2D eigenvalue weighted by Crippen LogP contribution is 2.37. The van der Waals surface area contributed by atoms with Gasteiger partial charge >= 0.3 is 18.4 Å². The summed E-state index contributed by atoms with van der Waals surface area (Å²) in [6, 6.07) is 8.98. The number of nitrogens with zero attached hydrogens (tertiary/aromatic N) is 3. The van der Waals surface area contributed by atoms with E-state index < -0.39 is 35.2 Å². The molecule has 1 fully saturated rings. The Bertz CT molecular complexity index is 1260. The van der Waals surface area contributed by atoms with Crippen LogP contribution in [0, 0.1) is 0 Å². The Morgan fingerprint density at radius 3 is 2.08 bits per heavy atom. The fourth-order valence-corrected chi connectivity index (χ4v) is 4.16. The number of aromatic nitrogens is 2. The molecule has 0 radical (unpaired) electrons. The highest BCUT2D eigenvalue weighted by atomic mass is 19.4. The van der Waals surface area contributed by atoms with Crippen LogP contribution < -0.4 is 22.1 Å². The molecule has 6 N–H and O–H groups in total. The van der Waals surface area contributed by atoms with Crippen molar-refractivity contribution in [2.75, 3.05) is 36.1 Å². The van der Waals surface area contributed by atoms with E-state index in [2.05, 4.69) is 38.6 Å². The molecule has 2 aromatic carbocycles. The van der Waals surface area contributed by atoms with Gasteiger partial charge in [0, 0.05) is 17.4 Å². The first-order chi connectivity index (χ1) is 17.9. The van der Waals surface area contributed by atoms with Crippen molar-refractivity contribution in [3.63, 3.8) is 0 Å². The number of carbonyl (C=O) groups excluding carboxylic acids is 1. The summed E-state index contributed by atoms with van der Waals surface area (Å²) in [6.45, 7) is 2.03. The molecule has 4 rings (SSSR count). The largest absolute Gasteiger partial charge is 0.416 e. The van der Waals surface area contributed by atoms with Crippen LogP contribution in [-0.4, -0.2) is 41.0 Å². The van der Waals surface area contributed by atoms with E-state index in [1.165, 1.54) is 11.6 Å². The van der Waals surface area contributed by atoms with Gasteiger partial charge in [0.1, 0.15) is 18.0 Å². The predicted molar refractivity (Wildman–Crippen MR) is 135 cm³/mol. The minimum Gasteiger partial charge on any atom is -0.344 e. The van der Waals surface area contributed by atoms with E-state index >= 15 is 0 Å². The van der Waals surface area contributed by atoms with Gasteiger partial charge in [0.2, 0.25) is 0 Å². The molecule has 2 heterocycles. The van der Waals surface area contributed by atoms with Gasteiger partial charge in [0.25, 0.3) is 0 Å². The molecule has 0 unspecified atom stereocenters. The third kappa shape index (κ3) is 8.04. The number of carbonyl (C=O) groups is 1. The number of urea groups is 1.